The van der Waals surface area contributed by atoms with Crippen LogP contribution in [0.15, 0.2) is 18.2 Å². The molecule has 0 spiro atoms. The van der Waals surface area contributed by atoms with Gasteiger partial charge in [-0.25, -0.2) is 0 Å². The minimum absolute atomic E-state index is 0.0896. The molecule has 0 aliphatic carbocycles. The van der Waals surface area contributed by atoms with Gasteiger partial charge in [0.1, 0.15) is 10.7 Å². The maximum atomic E-state index is 10.9. The molecular weight excluding hydrogens is 256 g/mol. The summed E-state index contributed by atoms with van der Waals surface area (Å²) >= 11 is 5.81. The molecule has 0 fully saturated rings. The predicted octanol–water partition coefficient (Wildman–Crippen LogP) is 3.07. The average Bonchev–Trinajstić information content (AvgIpc) is 2.26. The lowest BCUT2D eigenvalue weighted by molar-refractivity contribution is -0.383. The van der Waals surface area contributed by atoms with E-state index in [1.807, 2.05) is 13.8 Å². The van der Waals surface area contributed by atoms with Crippen LogP contribution in [0.25, 0.3) is 0 Å². The van der Waals surface area contributed by atoms with E-state index >= 15 is 0 Å². The Morgan fingerprint density at radius 3 is 2.72 bits per heavy atom. The number of benzene rings is 1. The zero-order valence-corrected chi connectivity index (χ0v) is 11.2. The minimum atomic E-state index is -0.496. The molecule has 1 aromatic carbocycles. The molecule has 0 aromatic heterocycles. The van der Waals surface area contributed by atoms with Gasteiger partial charge < -0.3 is 10.4 Å². The van der Waals surface area contributed by atoms with E-state index in [4.69, 9.17) is 16.7 Å². The highest BCUT2D eigenvalue weighted by Crippen LogP contribution is 2.33. The Hall–Kier alpha value is -1.33. The molecule has 1 aromatic rings. The largest absolute Gasteiger partial charge is 0.396 e. The Labute approximate surface area is 111 Å². The van der Waals surface area contributed by atoms with Gasteiger partial charge in [-0.2, -0.15) is 0 Å². The number of nitrogens with zero attached hydrogens (tertiary/aromatic N) is 1. The Morgan fingerprint density at radius 2 is 2.17 bits per heavy atom. The summed E-state index contributed by atoms with van der Waals surface area (Å²) in [6, 6.07) is 4.78. The molecule has 0 bridgehead atoms. The van der Waals surface area contributed by atoms with Gasteiger partial charge >= 0.3 is 5.69 Å². The highest BCUT2D eigenvalue weighted by molar-refractivity contribution is 6.33. The summed E-state index contributed by atoms with van der Waals surface area (Å²) in [6.07, 6.45) is 0.619. The van der Waals surface area contributed by atoms with Gasteiger partial charge in [0.15, 0.2) is 0 Å². The number of hydrogen-bond acceptors (Lipinski definition) is 4. The van der Waals surface area contributed by atoms with Crippen molar-refractivity contribution in [1.29, 1.82) is 0 Å². The van der Waals surface area contributed by atoms with Crippen LogP contribution in [0.2, 0.25) is 5.02 Å². The summed E-state index contributed by atoms with van der Waals surface area (Å²) < 4.78 is 0. The van der Waals surface area contributed by atoms with Crippen molar-refractivity contribution in [2.45, 2.75) is 20.3 Å². The fourth-order valence-corrected chi connectivity index (χ4v) is 1.81. The van der Waals surface area contributed by atoms with E-state index in [1.165, 1.54) is 6.07 Å². The van der Waals surface area contributed by atoms with E-state index in [1.54, 1.807) is 12.1 Å². The molecule has 2 N–H and O–H groups in total. The number of hydrogen-bond donors (Lipinski definition) is 2. The fourth-order valence-electron chi connectivity index (χ4n) is 1.57. The second kappa shape index (κ2) is 6.02. The van der Waals surface area contributed by atoms with Gasteiger partial charge in [0, 0.05) is 13.2 Å². The second-order valence-corrected chi connectivity index (χ2v) is 5.29. The van der Waals surface area contributed by atoms with E-state index in [0.717, 1.165) is 0 Å². The van der Waals surface area contributed by atoms with Crippen LogP contribution in [0.1, 0.15) is 20.3 Å². The number of aliphatic hydroxyl groups is 1. The molecule has 0 atom stereocenters. The SMILES string of the molecule is CC(C)(CCO)CNc1cccc(Cl)c1[N+](=O)[O-]. The topological polar surface area (TPSA) is 75.4 Å². The molecule has 1 rings (SSSR count). The Balaban J connectivity index is 2.85. The maximum Gasteiger partial charge on any atom is 0.310 e. The number of nitrogens with one attached hydrogen (secondary N) is 1. The smallest absolute Gasteiger partial charge is 0.310 e. The number of rotatable bonds is 6. The third kappa shape index (κ3) is 3.85. The number of nitro benzene ring substituents is 1. The highest BCUT2D eigenvalue weighted by Gasteiger charge is 2.21. The third-order valence-corrected chi connectivity index (χ3v) is 3.02. The lowest BCUT2D eigenvalue weighted by Crippen LogP contribution is -2.24. The van der Waals surface area contributed by atoms with E-state index in [0.29, 0.717) is 18.7 Å². The first kappa shape index (κ1) is 14.7. The first-order valence-corrected chi connectivity index (χ1v) is 6.03. The Kier molecular flexibility index (Phi) is 4.93. The van der Waals surface area contributed by atoms with Gasteiger partial charge in [-0.15, -0.1) is 0 Å². The Morgan fingerprint density at radius 1 is 1.50 bits per heavy atom. The van der Waals surface area contributed by atoms with E-state index in [-0.39, 0.29) is 22.7 Å². The van der Waals surface area contributed by atoms with Crippen molar-refractivity contribution >= 4 is 23.0 Å². The van der Waals surface area contributed by atoms with Crippen molar-refractivity contribution in [1.82, 2.24) is 0 Å². The van der Waals surface area contributed by atoms with Crippen LogP contribution in [-0.2, 0) is 0 Å². The van der Waals surface area contributed by atoms with Crippen LogP contribution in [0.5, 0.6) is 0 Å². The molecule has 18 heavy (non-hydrogen) atoms. The van der Waals surface area contributed by atoms with Crippen molar-refractivity contribution in [3.63, 3.8) is 0 Å². The average molecular weight is 273 g/mol. The molecule has 0 aliphatic heterocycles. The fraction of sp³-hybridized carbons (Fsp3) is 0.500. The van der Waals surface area contributed by atoms with Gasteiger partial charge in [-0.05, 0) is 24.0 Å². The summed E-state index contributed by atoms with van der Waals surface area (Å²) in [4.78, 5) is 10.4. The van der Waals surface area contributed by atoms with Crippen LogP contribution in [0.3, 0.4) is 0 Å². The summed E-state index contributed by atoms with van der Waals surface area (Å²) in [5, 5.41) is 23.0. The van der Waals surface area contributed by atoms with Gasteiger partial charge in [-0.1, -0.05) is 31.5 Å². The van der Waals surface area contributed by atoms with Crippen molar-refractivity contribution < 1.29 is 10.0 Å². The summed E-state index contributed by atoms with van der Waals surface area (Å²) in [5.74, 6) is 0. The Bertz CT molecular complexity index is 435. The van der Waals surface area contributed by atoms with Crippen molar-refractivity contribution in [2.24, 2.45) is 5.41 Å². The summed E-state index contributed by atoms with van der Waals surface area (Å²) in [5.41, 5.74) is 0.141. The van der Waals surface area contributed by atoms with Crippen LogP contribution in [-0.4, -0.2) is 23.2 Å². The molecule has 0 radical (unpaired) electrons. The van der Waals surface area contributed by atoms with E-state index in [2.05, 4.69) is 5.32 Å². The lowest BCUT2D eigenvalue weighted by atomic mass is 9.89. The molecule has 0 saturated carbocycles. The zero-order valence-electron chi connectivity index (χ0n) is 10.4. The van der Waals surface area contributed by atoms with E-state index < -0.39 is 4.92 Å². The van der Waals surface area contributed by atoms with Gasteiger partial charge in [-0.3, -0.25) is 10.1 Å². The van der Waals surface area contributed by atoms with Crippen molar-refractivity contribution in [3.8, 4) is 0 Å². The molecule has 0 aliphatic rings. The quantitative estimate of drug-likeness (QED) is 0.616. The monoisotopic (exact) mass is 272 g/mol. The van der Waals surface area contributed by atoms with Gasteiger partial charge in [0.05, 0.1) is 4.92 Å². The van der Waals surface area contributed by atoms with Gasteiger partial charge in [0.25, 0.3) is 0 Å². The standard InChI is InChI=1S/C12H17ClN2O3/c1-12(2,6-7-16)8-14-10-5-3-4-9(13)11(10)15(17)18/h3-5,14,16H,6-8H2,1-2H3. The number of para-hydroxylation sites is 1. The normalized spacial score (nSPS) is 11.3. The zero-order chi connectivity index (χ0) is 13.8. The lowest BCUT2D eigenvalue weighted by Gasteiger charge is -2.24. The van der Waals surface area contributed by atoms with Gasteiger partial charge in [0.2, 0.25) is 0 Å². The van der Waals surface area contributed by atoms with Crippen molar-refractivity contribution in [2.75, 3.05) is 18.5 Å². The first-order valence-electron chi connectivity index (χ1n) is 5.65. The maximum absolute atomic E-state index is 10.9. The van der Waals surface area contributed by atoms with Crippen molar-refractivity contribution in [3.05, 3.63) is 33.3 Å². The highest BCUT2D eigenvalue weighted by atomic mass is 35.5. The minimum Gasteiger partial charge on any atom is -0.396 e. The second-order valence-electron chi connectivity index (χ2n) is 4.88. The van der Waals surface area contributed by atoms with Crippen LogP contribution in [0, 0.1) is 15.5 Å². The number of aliphatic hydroxyl groups excluding tert-OH is 1. The number of nitro groups is 1. The molecule has 100 valence electrons. The summed E-state index contributed by atoms with van der Waals surface area (Å²) in [6.45, 7) is 4.57. The van der Waals surface area contributed by atoms with Crippen LogP contribution < -0.4 is 5.32 Å². The molecule has 0 unspecified atom stereocenters. The van der Waals surface area contributed by atoms with E-state index in [9.17, 15) is 10.1 Å². The molecular formula is C12H17ClN2O3. The molecule has 0 saturated heterocycles. The first-order chi connectivity index (χ1) is 8.37. The predicted molar refractivity (Wildman–Crippen MR) is 72.1 cm³/mol. The van der Waals surface area contributed by atoms with Crippen LogP contribution in [0.4, 0.5) is 11.4 Å². The molecule has 6 heteroatoms. The third-order valence-electron chi connectivity index (χ3n) is 2.72. The van der Waals surface area contributed by atoms with Crippen LogP contribution >= 0.6 is 11.6 Å². The molecule has 5 nitrogen and oxygen atoms in total. The molecule has 0 amide bonds. The molecule has 0 heterocycles. The summed E-state index contributed by atoms with van der Waals surface area (Å²) in [7, 11) is 0. The number of anilines is 1. The number of halogens is 1.